The lowest BCUT2D eigenvalue weighted by molar-refractivity contribution is 0.0989. The zero-order chi connectivity index (χ0) is 25.4. The van der Waals surface area contributed by atoms with Crippen LogP contribution in [0.4, 0.5) is 5.69 Å². The molecule has 2 heterocycles. The Morgan fingerprint density at radius 1 is 0.943 bits per heavy atom. The van der Waals surface area contributed by atoms with Gasteiger partial charge >= 0.3 is 0 Å². The van der Waals surface area contributed by atoms with Crippen molar-refractivity contribution in [3.8, 4) is 0 Å². The molecule has 0 aromatic heterocycles. The van der Waals surface area contributed by atoms with Gasteiger partial charge in [-0.05, 0) is 54.8 Å². The largest absolute Gasteiger partial charge is 0.308 e. The van der Waals surface area contributed by atoms with E-state index in [2.05, 4.69) is 4.90 Å². The van der Waals surface area contributed by atoms with Crippen LogP contribution in [0.5, 0.6) is 0 Å². The molecule has 0 aliphatic carbocycles. The van der Waals surface area contributed by atoms with Crippen molar-refractivity contribution in [2.24, 2.45) is 0 Å². The van der Waals surface area contributed by atoms with Crippen LogP contribution in [0.2, 0.25) is 0 Å². The number of benzene rings is 2. The summed E-state index contributed by atoms with van der Waals surface area (Å²) in [6.45, 7) is 5.05. The number of fused-ring (bicyclic) bond motifs is 1. The molecule has 0 saturated carbocycles. The summed E-state index contributed by atoms with van der Waals surface area (Å²) in [5, 5.41) is 0. The van der Waals surface area contributed by atoms with E-state index in [0.29, 0.717) is 51.3 Å². The third-order valence-electron chi connectivity index (χ3n) is 6.64. The minimum absolute atomic E-state index is 0.115. The molecular weight excluding hydrogens is 488 g/mol. The van der Waals surface area contributed by atoms with Gasteiger partial charge in [0.25, 0.3) is 5.91 Å². The van der Waals surface area contributed by atoms with Crippen molar-refractivity contribution in [3.63, 3.8) is 0 Å². The first-order valence-electron chi connectivity index (χ1n) is 11.7. The molecule has 4 rings (SSSR count). The van der Waals surface area contributed by atoms with Gasteiger partial charge in [-0.2, -0.15) is 4.31 Å². The molecule has 1 fully saturated rings. The van der Waals surface area contributed by atoms with Crippen molar-refractivity contribution < 1.29 is 21.6 Å². The summed E-state index contributed by atoms with van der Waals surface area (Å²) < 4.78 is 51.8. The summed E-state index contributed by atoms with van der Waals surface area (Å²) in [5.41, 5.74) is 3.16. The van der Waals surface area contributed by atoms with Crippen molar-refractivity contribution in [1.82, 2.24) is 13.5 Å². The zero-order valence-electron chi connectivity index (χ0n) is 20.3. The molecule has 0 unspecified atom stereocenters. The molecule has 0 atom stereocenters. The van der Waals surface area contributed by atoms with E-state index in [-0.39, 0.29) is 16.6 Å². The Kier molecular flexibility index (Phi) is 7.35. The third kappa shape index (κ3) is 5.29. The fraction of sp³-hybridized carbons (Fsp3) is 0.458. The van der Waals surface area contributed by atoms with Crippen LogP contribution < -0.4 is 4.90 Å². The van der Waals surface area contributed by atoms with Gasteiger partial charge in [0.15, 0.2) is 0 Å². The lowest BCUT2D eigenvalue weighted by Gasteiger charge is -2.33. The van der Waals surface area contributed by atoms with Gasteiger partial charge in [-0.25, -0.2) is 21.1 Å². The highest BCUT2D eigenvalue weighted by Crippen LogP contribution is 2.32. The molecule has 11 heteroatoms. The summed E-state index contributed by atoms with van der Waals surface area (Å²) in [7, 11) is -3.70. The number of piperazine rings is 1. The van der Waals surface area contributed by atoms with Crippen molar-refractivity contribution in [1.29, 1.82) is 0 Å². The molecule has 9 nitrogen and oxygen atoms in total. The van der Waals surface area contributed by atoms with Crippen LogP contribution in [0, 0.1) is 0 Å². The molecule has 1 amide bonds. The first-order chi connectivity index (χ1) is 16.5. The number of sulfonamides is 2. The molecule has 0 N–H and O–H groups in total. The molecule has 0 spiro atoms. The number of hydrogen-bond donors (Lipinski definition) is 0. The second kappa shape index (κ2) is 9.98. The topological polar surface area (TPSA) is 98.3 Å². The number of anilines is 1. The van der Waals surface area contributed by atoms with E-state index >= 15 is 0 Å². The predicted molar refractivity (Wildman–Crippen MR) is 135 cm³/mol. The zero-order valence-corrected chi connectivity index (χ0v) is 22.0. The van der Waals surface area contributed by atoms with Crippen molar-refractivity contribution in [2.45, 2.75) is 24.8 Å². The number of nitrogens with zero attached hydrogens (tertiary/aromatic N) is 4. The Bertz CT molecular complexity index is 1320. The van der Waals surface area contributed by atoms with Crippen LogP contribution in [-0.2, 0) is 33.0 Å². The van der Waals surface area contributed by atoms with E-state index in [1.165, 1.54) is 18.4 Å². The van der Waals surface area contributed by atoms with Gasteiger partial charge in [-0.3, -0.25) is 9.69 Å². The molecule has 2 aliphatic heterocycles. The second-order valence-corrected chi connectivity index (χ2v) is 13.5. The van der Waals surface area contributed by atoms with Gasteiger partial charge in [0.2, 0.25) is 20.0 Å². The van der Waals surface area contributed by atoms with E-state index in [1.807, 2.05) is 18.2 Å². The molecule has 0 bridgehead atoms. The number of carbonyl (C=O) groups is 1. The van der Waals surface area contributed by atoms with Crippen LogP contribution in [0.1, 0.15) is 28.4 Å². The average Bonchev–Trinajstić information content (AvgIpc) is 3.27. The van der Waals surface area contributed by atoms with Gasteiger partial charge in [-0.1, -0.05) is 12.1 Å². The summed E-state index contributed by atoms with van der Waals surface area (Å²) >= 11 is 0. The highest BCUT2D eigenvalue weighted by Gasteiger charge is 2.29. The normalized spacial score (nSPS) is 17.7. The van der Waals surface area contributed by atoms with Gasteiger partial charge in [0, 0.05) is 64.6 Å². The van der Waals surface area contributed by atoms with Crippen molar-refractivity contribution >= 4 is 31.6 Å². The molecule has 0 radical (unpaired) electrons. The summed E-state index contributed by atoms with van der Waals surface area (Å²) in [4.78, 5) is 17.5. The van der Waals surface area contributed by atoms with Gasteiger partial charge in [0.1, 0.15) is 0 Å². The molecule has 35 heavy (non-hydrogen) atoms. The van der Waals surface area contributed by atoms with Crippen molar-refractivity contribution in [2.75, 3.05) is 57.5 Å². The Labute approximate surface area is 208 Å². The molecular formula is C24H32N4O5S2. The van der Waals surface area contributed by atoms with Crippen LogP contribution >= 0.6 is 0 Å². The lowest BCUT2D eigenvalue weighted by atomic mass is 10.1. The maximum Gasteiger partial charge on any atom is 0.258 e. The third-order valence-corrected chi connectivity index (χ3v) is 10.3. The Morgan fingerprint density at radius 2 is 1.66 bits per heavy atom. The Balaban J connectivity index is 1.45. The van der Waals surface area contributed by atoms with Crippen LogP contribution in [-0.4, -0.2) is 88.8 Å². The Morgan fingerprint density at radius 3 is 2.31 bits per heavy atom. The molecule has 190 valence electrons. The minimum atomic E-state index is -3.53. The second-order valence-electron chi connectivity index (χ2n) is 9.06. The highest BCUT2D eigenvalue weighted by molar-refractivity contribution is 7.89. The van der Waals surface area contributed by atoms with Crippen LogP contribution in [0.3, 0.4) is 0 Å². The minimum Gasteiger partial charge on any atom is -0.308 e. The number of carbonyl (C=O) groups excluding carboxylic acids is 1. The van der Waals surface area contributed by atoms with Crippen molar-refractivity contribution in [3.05, 3.63) is 59.2 Å². The van der Waals surface area contributed by atoms with E-state index in [4.69, 9.17) is 0 Å². The standard InChI is InChI=1S/C24H32N4O5S2/c1-4-34(30,31)27-14-12-26(13-15-27)18-19-6-5-7-21(16-19)24(29)28-11-10-20-17-22(8-9-23(20)28)35(32,33)25(2)3/h5-9,16-17H,4,10-15,18H2,1-3H3. The monoisotopic (exact) mass is 520 g/mol. The average molecular weight is 521 g/mol. The number of hydrogen-bond acceptors (Lipinski definition) is 6. The number of amides is 1. The molecule has 2 aliphatic rings. The molecule has 1 saturated heterocycles. The summed E-state index contributed by atoms with van der Waals surface area (Å²) in [6, 6.07) is 12.4. The lowest BCUT2D eigenvalue weighted by Crippen LogP contribution is -2.48. The van der Waals surface area contributed by atoms with E-state index in [1.54, 1.807) is 40.4 Å². The fourth-order valence-corrected chi connectivity index (χ4v) is 6.56. The maximum atomic E-state index is 13.3. The summed E-state index contributed by atoms with van der Waals surface area (Å²) in [5.74, 6) is -0.00325. The predicted octanol–water partition coefficient (Wildman–Crippen LogP) is 1.61. The van der Waals surface area contributed by atoms with E-state index in [9.17, 15) is 21.6 Å². The smallest absolute Gasteiger partial charge is 0.258 e. The number of rotatable bonds is 7. The molecule has 2 aromatic rings. The van der Waals surface area contributed by atoms with Crippen LogP contribution in [0.25, 0.3) is 0 Å². The first-order valence-corrected chi connectivity index (χ1v) is 14.7. The fourth-order valence-electron chi connectivity index (χ4n) is 4.53. The van der Waals surface area contributed by atoms with Gasteiger partial charge < -0.3 is 4.90 Å². The van der Waals surface area contributed by atoms with Crippen LogP contribution in [0.15, 0.2) is 47.4 Å². The van der Waals surface area contributed by atoms with Gasteiger partial charge in [-0.15, -0.1) is 0 Å². The maximum absolute atomic E-state index is 13.3. The SMILES string of the molecule is CCS(=O)(=O)N1CCN(Cc2cccc(C(=O)N3CCc4cc(S(=O)(=O)N(C)C)ccc43)c2)CC1. The highest BCUT2D eigenvalue weighted by atomic mass is 32.2. The quantitative estimate of drug-likeness (QED) is 0.550. The summed E-state index contributed by atoms with van der Waals surface area (Å²) in [6.07, 6.45) is 0.600. The van der Waals surface area contributed by atoms with E-state index in [0.717, 1.165) is 16.8 Å². The van der Waals surface area contributed by atoms with Gasteiger partial charge in [0.05, 0.1) is 10.6 Å². The van der Waals surface area contributed by atoms with E-state index < -0.39 is 20.0 Å². The molecule has 2 aromatic carbocycles. The Hall–Kier alpha value is -2.31. The first kappa shape index (κ1) is 25.8.